The Morgan fingerprint density at radius 2 is 2.00 bits per heavy atom. The number of carbonyl (C=O) groups is 1. The second kappa shape index (κ2) is 8.50. The van der Waals surface area contributed by atoms with Gasteiger partial charge in [-0.3, -0.25) is 15.0 Å². The van der Waals surface area contributed by atoms with E-state index in [4.69, 9.17) is 4.74 Å². The third-order valence-electron chi connectivity index (χ3n) is 5.39. The van der Waals surface area contributed by atoms with Crippen molar-refractivity contribution in [3.05, 3.63) is 42.0 Å². The lowest BCUT2D eigenvalue weighted by atomic mass is 10.0. The van der Waals surface area contributed by atoms with E-state index in [1.54, 1.807) is 11.8 Å². The van der Waals surface area contributed by atoms with Gasteiger partial charge in [0.2, 0.25) is 0 Å². The number of fused-ring (bicyclic) bond motifs is 1. The number of likely N-dealkylation sites (tertiary alicyclic amines) is 1. The lowest BCUT2D eigenvalue weighted by Gasteiger charge is -2.26. The van der Waals surface area contributed by atoms with Crippen LogP contribution < -0.4 is 10.1 Å². The molecule has 2 N–H and O–H groups in total. The largest absolute Gasteiger partial charge is 0.492 e. The Morgan fingerprint density at radius 1 is 1.19 bits per heavy atom. The number of ether oxygens (including phenoxy) is 1. The van der Waals surface area contributed by atoms with Gasteiger partial charge >= 0.3 is 5.97 Å². The van der Waals surface area contributed by atoms with Crippen LogP contribution in [-0.4, -0.2) is 54.0 Å². The van der Waals surface area contributed by atoms with Gasteiger partial charge in [-0.15, -0.1) is 11.8 Å². The highest BCUT2D eigenvalue weighted by Gasteiger charge is 2.33. The summed E-state index contributed by atoms with van der Waals surface area (Å²) >= 11 is 1.64. The van der Waals surface area contributed by atoms with E-state index in [9.17, 15) is 9.90 Å². The van der Waals surface area contributed by atoms with Gasteiger partial charge < -0.3 is 9.84 Å². The highest BCUT2D eigenvalue weighted by Crippen LogP contribution is 2.41. The van der Waals surface area contributed by atoms with E-state index in [0.29, 0.717) is 12.4 Å². The molecule has 2 aromatic rings. The van der Waals surface area contributed by atoms with Crippen LogP contribution in [0.15, 0.2) is 36.4 Å². The zero-order chi connectivity index (χ0) is 18.6. The SMILES string of the molecule is O=C(O)C1CSC(c2c(OCCN3CCCCC3)ccc3ccccc23)N1. The van der Waals surface area contributed by atoms with E-state index < -0.39 is 12.0 Å². The summed E-state index contributed by atoms with van der Waals surface area (Å²) < 4.78 is 6.21. The average molecular weight is 387 g/mol. The summed E-state index contributed by atoms with van der Waals surface area (Å²) in [6.45, 7) is 3.92. The molecule has 4 rings (SSSR count). The first-order chi connectivity index (χ1) is 13.2. The van der Waals surface area contributed by atoms with Crippen molar-refractivity contribution in [2.45, 2.75) is 30.7 Å². The maximum atomic E-state index is 11.4. The first kappa shape index (κ1) is 18.6. The molecule has 0 aromatic heterocycles. The quantitative estimate of drug-likeness (QED) is 0.792. The first-order valence-electron chi connectivity index (χ1n) is 9.69. The minimum absolute atomic E-state index is 0.0674. The van der Waals surface area contributed by atoms with E-state index in [0.717, 1.165) is 41.7 Å². The Labute approximate surface area is 164 Å². The van der Waals surface area contributed by atoms with Crippen LogP contribution in [-0.2, 0) is 4.79 Å². The van der Waals surface area contributed by atoms with E-state index in [1.165, 1.54) is 19.3 Å². The molecule has 0 saturated carbocycles. The van der Waals surface area contributed by atoms with E-state index in [2.05, 4.69) is 28.4 Å². The van der Waals surface area contributed by atoms with Crippen molar-refractivity contribution in [2.75, 3.05) is 32.0 Å². The van der Waals surface area contributed by atoms with E-state index in [1.807, 2.05) is 18.2 Å². The van der Waals surface area contributed by atoms with Crippen LogP contribution in [0, 0.1) is 0 Å². The number of benzene rings is 2. The molecule has 2 atom stereocenters. The third-order valence-corrected chi connectivity index (χ3v) is 6.62. The van der Waals surface area contributed by atoms with Gasteiger partial charge in [0.25, 0.3) is 0 Å². The zero-order valence-electron chi connectivity index (χ0n) is 15.4. The Bertz CT molecular complexity index is 807. The fourth-order valence-electron chi connectivity index (χ4n) is 3.92. The smallest absolute Gasteiger partial charge is 0.321 e. The number of aliphatic carboxylic acids is 1. The minimum atomic E-state index is -0.794. The highest BCUT2D eigenvalue weighted by atomic mass is 32.2. The highest BCUT2D eigenvalue weighted by molar-refractivity contribution is 7.99. The predicted octanol–water partition coefficient (Wildman–Crippen LogP) is 3.49. The van der Waals surface area contributed by atoms with Gasteiger partial charge in [0.05, 0.1) is 5.37 Å². The van der Waals surface area contributed by atoms with E-state index in [-0.39, 0.29) is 5.37 Å². The molecule has 2 unspecified atom stereocenters. The molecule has 27 heavy (non-hydrogen) atoms. The van der Waals surface area contributed by atoms with Gasteiger partial charge in [0.1, 0.15) is 18.4 Å². The number of carboxylic acids is 1. The van der Waals surface area contributed by atoms with Gasteiger partial charge in [-0.2, -0.15) is 0 Å². The normalized spacial score (nSPS) is 23.6. The molecule has 2 aliphatic heterocycles. The Morgan fingerprint density at radius 3 is 2.78 bits per heavy atom. The fourth-order valence-corrected chi connectivity index (χ4v) is 5.21. The molecule has 2 aromatic carbocycles. The molecule has 0 radical (unpaired) electrons. The van der Waals surface area contributed by atoms with Crippen molar-refractivity contribution >= 4 is 28.5 Å². The van der Waals surface area contributed by atoms with Crippen molar-refractivity contribution in [3.8, 4) is 5.75 Å². The Kier molecular flexibility index (Phi) is 5.86. The minimum Gasteiger partial charge on any atom is -0.492 e. The molecule has 2 fully saturated rings. The topological polar surface area (TPSA) is 61.8 Å². The van der Waals surface area contributed by atoms with Crippen LogP contribution in [0.1, 0.15) is 30.2 Å². The molecule has 0 bridgehead atoms. The van der Waals surface area contributed by atoms with Gasteiger partial charge in [0.15, 0.2) is 0 Å². The average Bonchev–Trinajstić information content (AvgIpc) is 3.18. The van der Waals surface area contributed by atoms with Crippen molar-refractivity contribution in [2.24, 2.45) is 0 Å². The fraction of sp³-hybridized carbons (Fsp3) is 0.476. The number of carboxylic acid groups (broad SMARTS) is 1. The Balaban J connectivity index is 1.55. The summed E-state index contributed by atoms with van der Waals surface area (Å²) in [5.41, 5.74) is 1.07. The van der Waals surface area contributed by atoms with Gasteiger partial charge in [-0.05, 0) is 42.8 Å². The molecule has 0 spiro atoms. The van der Waals surface area contributed by atoms with E-state index >= 15 is 0 Å². The van der Waals surface area contributed by atoms with Crippen LogP contribution >= 0.6 is 11.8 Å². The number of thioether (sulfide) groups is 1. The van der Waals surface area contributed by atoms with Gasteiger partial charge in [0, 0.05) is 17.9 Å². The molecule has 2 heterocycles. The summed E-state index contributed by atoms with van der Waals surface area (Å²) in [6, 6.07) is 11.8. The molecule has 2 aliphatic rings. The molecule has 5 nitrogen and oxygen atoms in total. The number of hydrogen-bond acceptors (Lipinski definition) is 5. The molecule has 144 valence electrons. The third kappa shape index (κ3) is 4.23. The molecular formula is C21H26N2O3S. The number of nitrogens with zero attached hydrogens (tertiary/aromatic N) is 1. The summed E-state index contributed by atoms with van der Waals surface area (Å²) in [5.74, 6) is 0.635. The predicted molar refractivity (Wildman–Crippen MR) is 109 cm³/mol. The maximum Gasteiger partial charge on any atom is 0.321 e. The summed E-state index contributed by atoms with van der Waals surface area (Å²) in [7, 11) is 0. The van der Waals surface area contributed by atoms with Crippen LogP contribution in [0.25, 0.3) is 10.8 Å². The lowest BCUT2D eigenvalue weighted by Crippen LogP contribution is -2.34. The van der Waals surface area contributed by atoms with Crippen molar-refractivity contribution < 1.29 is 14.6 Å². The van der Waals surface area contributed by atoms with Crippen LogP contribution in [0.5, 0.6) is 5.75 Å². The first-order valence-corrected chi connectivity index (χ1v) is 10.7. The summed E-state index contributed by atoms with van der Waals surface area (Å²) in [6.07, 6.45) is 3.89. The van der Waals surface area contributed by atoms with Crippen LogP contribution in [0.4, 0.5) is 0 Å². The molecular weight excluding hydrogens is 360 g/mol. The van der Waals surface area contributed by atoms with Crippen molar-refractivity contribution in [3.63, 3.8) is 0 Å². The van der Waals surface area contributed by atoms with Crippen LogP contribution in [0.2, 0.25) is 0 Å². The summed E-state index contributed by atoms with van der Waals surface area (Å²) in [5, 5.41) is 14.8. The van der Waals surface area contributed by atoms with Crippen molar-refractivity contribution in [1.29, 1.82) is 0 Å². The number of piperidine rings is 1. The van der Waals surface area contributed by atoms with Gasteiger partial charge in [-0.25, -0.2) is 0 Å². The van der Waals surface area contributed by atoms with Gasteiger partial charge in [-0.1, -0.05) is 36.8 Å². The van der Waals surface area contributed by atoms with Crippen LogP contribution in [0.3, 0.4) is 0 Å². The molecule has 0 amide bonds. The zero-order valence-corrected chi connectivity index (χ0v) is 16.2. The second-order valence-electron chi connectivity index (χ2n) is 7.22. The Hall–Kier alpha value is -1.76. The number of hydrogen-bond donors (Lipinski definition) is 2. The molecule has 0 aliphatic carbocycles. The van der Waals surface area contributed by atoms with Crippen molar-refractivity contribution in [1.82, 2.24) is 10.2 Å². The second-order valence-corrected chi connectivity index (χ2v) is 8.36. The lowest BCUT2D eigenvalue weighted by molar-refractivity contribution is -0.138. The molecule has 6 heteroatoms. The summed E-state index contributed by atoms with van der Waals surface area (Å²) in [4.78, 5) is 13.8. The monoisotopic (exact) mass is 386 g/mol. The number of nitrogens with one attached hydrogen (secondary N) is 1. The maximum absolute atomic E-state index is 11.4. The standard InChI is InChI=1S/C21H26N2O3S/c24-21(25)17-14-27-20(22-17)19-16-7-3-2-6-15(16)8-9-18(19)26-13-12-23-10-4-1-5-11-23/h2-3,6-9,17,20,22H,1,4-5,10-14H2,(H,24,25). The number of rotatable bonds is 6. The molecule has 2 saturated heterocycles.